The maximum atomic E-state index is 8.88. The highest BCUT2D eigenvalue weighted by Gasteiger charge is 2.40. The fraction of sp³-hybridized carbons (Fsp3) is 1.00. The summed E-state index contributed by atoms with van der Waals surface area (Å²) < 4.78 is 0. The van der Waals surface area contributed by atoms with Crippen LogP contribution in [0, 0.1) is 0 Å². The molecule has 3 nitrogen and oxygen atoms in total. The third-order valence-electron chi connectivity index (χ3n) is 2.81. The highest BCUT2D eigenvalue weighted by Crippen LogP contribution is 2.28. The second kappa shape index (κ2) is 2.19. The molecule has 2 bridgehead atoms. The largest absolute Gasteiger partial charge is 0.381 e. The van der Waals surface area contributed by atoms with E-state index >= 15 is 0 Å². The van der Waals surface area contributed by atoms with Gasteiger partial charge in [-0.3, -0.25) is 4.90 Å². The number of aliphatic hydroxyl groups is 1. The van der Waals surface area contributed by atoms with E-state index in [0.717, 1.165) is 19.1 Å². The summed E-state index contributed by atoms with van der Waals surface area (Å²) in [5.41, 5.74) is 0. The molecule has 2 heterocycles. The highest BCUT2D eigenvalue weighted by atomic mass is 16.3. The molecule has 1 N–H and O–H groups in total. The summed E-state index contributed by atoms with van der Waals surface area (Å²) in [6.45, 7) is 2.46. The van der Waals surface area contributed by atoms with Crippen LogP contribution in [0.15, 0.2) is 0 Å². The van der Waals surface area contributed by atoms with Crippen LogP contribution in [0.5, 0.6) is 0 Å². The Morgan fingerprint density at radius 3 is 2.60 bits per heavy atom. The summed E-state index contributed by atoms with van der Waals surface area (Å²) in [7, 11) is 2.17. The Bertz CT molecular complexity index is 138. The third kappa shape index (κ3) is 0.779. The lowest BCUT2D eigenvalue weighted by molar-refractivity contribution is 0.0580. The number of hydrogen-bond donors (Lipinski definition) is 1. The number of rotatable bonds is 1. The van der Waals surface area contributed by atoms with Crippen molar-refractivity contribution in [3.05, 3.63) is 0 Å². The summed E-state index contributed by atoms with van der Waals surface area (Å²) in [6, 6.07) is 1.36. The van der Waals surface area contributed by atoms with E-state index < -0.39 is 0 Å². The lowest BCUT2D eigenvalue weighted by Crippen LogP contribution is -2.44. The van der Waals surface area contributed by atoms with Gasteiger partial charge in [0.25, 0.3) is 0 Å². The van der Waals surface area contributed by atoms with Crippen molar-refractivity contribution in [3.8, 4) is 0 Å². The van der Waals surface area contributed by atoms with Gasteiger partial charge in [0.1, 0.15) is 0 Å². The van der Waals surface area contributed by atoms with Gasteiger partial charge in [-0.25, -0.2) is 0 Å². The molecule has 0 aromatic rings. The summed E-state index contributed by atoms with van der Waals surface area (Å²) in [5.74, 6) is 0. The van der Waals surface area contributed by atoms with Crippen LogP contribution in [0.4, 0.5) is 0 Å². The first-order valence-corrected chi connectivity index (χ1v) is 3.86. The molecule has 2 saturated heterocycles. The molecule has 2 aliphatic heterocycles. The number of likely N-dealkylation sites (tertiary alicyclic amines) is 2. The summed E-state index contributed by atoms with van der Waals surface area (Å²) in [5, 5.41) is 8.88. The third-order valence-corrected chi connectivity index (χ3v) is 2.81. The van der Waals surface area contributed by atoms with Gasteiger partial charge in [0.05, 0.1) is 6.73 Å². The Balaban J connectivity index is 2.02. The maximum absolute atomic E-state index is 8.88. The number of fused-ring (bicyclic) bond motifs is 2. The standard InChI is InChI=1S/C7H14N2O/c1-8-3-7-2-6(8)4-9(7)5-10/h6-7,10H,2-5H2,1H3. The van der Waals surface area contributed by atoms with Gasteiger partial charge in [0.15, 0.2) is 0 Å². The van der Waals surface area contributed by atoms with Crippen molar-refractivity contribution < 1.29 is 5.11 Å². The van der Waals surface area contributed by atoms with Crippen molar-refractivity contribution in [1.82, 2.24) is 9.80 Å². The average molecular weight is 142 g/mol. The van der Waals surface area contributed by atoms with Crippen LogP contribution in [-0.4, -0.2) is 53.9 Å². The molecule has 0 saturated carbocycles. The minimum Gasteiger partial charge on any atom is -0.381 e. The lowest BCUT2D eigenvalue weighted by atomic mass is 10.2. The van der Waals surface area contributed by atoms with Crippen molar-refractivity contribution in [2.24, 2.45) is 0 Å². The molecule has 0 spiro atoms. The van der Waals surface area contributed by atoms with E-state index in [0.29, 0.717) is 6.04 Å². The molecule has 3 heteroatoms. The van der Waals surface area contributed by atoms with Crippen LogP contribution < -0.4 is 0 Å². The van der Waals surface area contributed by atoms with Gasteiger partial charge < -0.3 is 10.0 Å². The lowest BCUT2D eigenvalue weighted by Gasteiger charge is -2.29. The fourth-order valence-electron chi connectivity index (χ4n) is 2.12. The smallest absolute Gasteiger partial charge is 0.0959 e. The molecule has 0 aromatic carbocycles. The first kappa shape index (κ1) is 6.58. The number of nitrogens with zero attached hydrogens (tertiary/aromatic N) is 2. The van der Waals surface area contributed by atoms with Gasteiger partial charge in [-0.05, 0) is 13.5 Å². The van der Waals surface area contributed by atoms with Crippen LogP contribution in [0.25, 0.3) is 0 Å². The quantitative estimate of drug-likeness (QED) is 0.525. The fourth-order valence-corrected chi connectivity index (χ4v) is 2.12. The molecule has 0 aromatic heterocycles. The molecule has 58 valence electrons. The topological polar surface area (TPSA) is 26.7 Å². The van der Waals surface area contributed by atoms with Crippen LogP contribution >= 0.6 is 0 Å². The second-order valence-corrected chi connectivity index (χ2v) is 3.40. The van der Waals surface area contributed by atoms with Crippen LogP contribution in [-0.2, 0) is 0 Å². The Hall–Kier alpha value is -0.120. The number of hydrogen-bond acceptors (Lipinski definition) is 3. The van der Waals surface area contributed by atoms with Gasteiger partial charge in [0, 0.05) is 25.2 Å². The molecule has 2 atom stereocenters. The highest BCUT2D eigenvalue weighted by molar-refractivity contribution is 4.97. The van der Waals surface area contributed by atoms with Gasteiger partial charge in [0.2, 0.25) is 0 Å². The summed E-state index contributed by atoms with van der Waals surface area (Å²) in [6.07, 6.45) is 1.26. The van der Waals surface area contributed by atoms with Crippen LogP contribution in [0.2, 0.25) is 0 Å². The average Bonchev–Trinajstić information content (AvgIpc) is 2.44. The zero-order valence-corrected chi connectivity index (χ0v) is 6.32. The van der Waals surface area contributed by atoms with Gasteiger partial charge in [-0.15, -0.1) is 0 Å². The van der Waals surface area contributed by atoms with Crippen molar-refractivity contribution in [2.45, 2.75) is 18.5 Å². The predicted molar refractivity (Wildman–Crippen MR) is 38.6 cm³/mol. The molecule has 0 radical (unpaired) electrons. The summed E-state index contributed by atoms with van der Waals surface area (Å²) >= 11 is 0. The van der Waals surface area contributed by atoms with Gasteiger partial charge in [-0.2, -0.15) is 0 Å². The SMILES string of the molecule is CN1CC2CC1CN2CO. The van der Waals surface area contributed by atoms with Crippen molar-refractivity contribution in [3.63, 3.8) is 0 Å². The first-order chi connectivity index (χ1) is 4.81. The number of aliphatic hydroxyl groups excluding tert-OH is 1. The zero-order valence-electron chi connectivity index (χ0n) is 6.32. The minimum atomic E-state index is 0.245. The monoisotopic (exact) mass is 142 g/mol. The van der Waals surface area contributed by atoms with E-state index in [4.69, 9.17) is 5.11 Å². The van der Waals surface area contributed by atoms with Gasteiger partial charge in [-0.1, -0.05) is 0 Å². The van der Waals surface area contributed by atoms with Gasteiger partial charge >= 0.3 is 0 Å². The maximum Gasteiger partial charge on any atom is 0.0959 e. The molecule has 2 rings (SSSR count). The van der Waals surface area contributed by atoms with E-state index in [2.05, 4.69) is 16.8 Å². The van der Waals surface area contributed by atoms with Crippen molar-refractivity contribution in [1.29, 1.82) is 0 Å². The molecule has 2 fully saturated rings. The van der Waals surface area contributed by atoms with E-state index in [1.54, 1.807) is 0 Å². The minimum absolute atomic E-state index is 0.245. The first-order valence-electron chi connectivity index (χ1n) is 3.86. The normalized spacial score (nSPS) is 41.4. The van der Waals surface area contributed by atoms with E-state index in [9.17, 15) is 0 Å². The Labute approximate surface area is 61.2 Å². The number of likely N-dealkylation sites (N-methyl/N-ethyl adjacent to an activating group) is 1. The Morgan fingerprint density at radius 2 is 2.20 bits per heavy atom. The molecule has 2 unspecified atom stereocenters. The molecular formula is C7H14N2O. The van der Waals surface area contributed by atoms with Crippen molar-refractivity contribution in [2.75, 3.05) is 26.9 Å². The van der Waals surface area contributed by atoms with E-state index in [1.807, 2.05) is 0 Å². The Morgan fingerprint density at radius 1 is 1.40 bits per heavy atom. The van der Waals surface area contributed by atoms with E-state index in [1.165, 1.54) is 6.42 Å². The number of piperazine rings is 1. The van der Waals surface area contributed by atoms with Crippen LogP contribution in [0.1, 0.15) is 6.42 Å². The van der Waals surface area contributed by atoms with Crippen LogP contribution in [0.3, 0.4) is 0 Å². The molecule has 0 aliphatic carbocycles. The van der Waals surface area contributed by atoms with Crippen molar-refractivity contribution >= 4 is 0 Å². The molecule has 0 amide bonds. The zero-order chi connectivity index (χ0) is 7.14. The molecular weight excluding hydrogens is 128 g/mol. The second-order valence-electron chi connectivity index (χ2n) is 3.40. The Kier molecular flexibility index (Phi) is 1.44. The molecule has 10 heavy (non-hydrogen) atoms. The van der Waals surface area contributed by atoms with E-state index in [-0.39, 0.29) is 6.73 Å². The predicted octanol–water partition coefficient (Wildman–Crippen LogP) is -0.676. The summed E-state index contributed by atoms with van der Waals surface area (Å²) in [4.78, 5) is 4.54. The molecule has 2 aliphatic rings.